The van der Waals surface area contributed by atoms with Crippen LogP contribution in [0.5, 0.6) is 0 Å². The molecule has 0 aromatic rings. The third-order valence-corrected chi connectivity index (χ3v) is 8.75. The summed E-state index contributed by atoms with van der Waals surface area (Å²) in [7, 11) is 0. The van der Waals surface area contributed by atoms with Crippen molar-refractivity contribution in [1.82, 2.24) is 4.90 Å². The predicted octanol–water partition coefficient (Wildman–Crippen LogP) is 4.81. The van der Waals surface area contributed by atoms with Crippen LogP contribution in [0.3, 0.4) is 0 Å². The van der Waals surface area contributed by atoms with E-state index >= 15 is 0 Å². The van der Waals surface area contributed by atoms with E-state index in [0.29, 0.717) is 49.0 Å². The fraction of sp³-hybridized carbons (Fsp3) is 0.769. The summed E-state index contributed by atoms with van der Waals surface area (Å²) < 4.78 is 13.6. The number of rotatable bonds is 4. The molecule has 7 atom stereocenters. The molecular weight excluding hydrogens is 377 g/mol. The van der Waals surface area contributed by atoms with Crippen LogP contribution in [-0.2, 0) is 0 Å². The molecule has 30 heavy (non-hydrogen) atoms. The molecule has 0 aromatic carbocycles. The first kappa shape index (κ1) is 22.2. The molecule has 1 heterocycles. The molecule has 0 aromatic heterocycles. The lowest BCUT2D eigenvalue weighted by atomic mass is 9.61. The van der Waals surface area contributed by atoms with Gasteiger partial charge in [0.05, 0.1) is 12.2 Å². The van der Waals surface area contributed by atoms with Crippen molar-refractivity contribution < 1.29 is 14.6 Å². The summed E-state index contributed by atoms with van der Waals surface area (Å²) >= 11 is 0. The number of halogens is 1. The number of nitrogens with zero attached hydrogens (tertiary/aromatic N) is 1. The van der Waals surface area contributed by atoms with Crippen LogP contribution in [0.2, 0.25) is 0 Å². The van der Waals surface area contributed by atoms with Crippen molar-refractivity contribution in [1.29, 1.82) is 0 Å². The molecule has 4 fully saturated rings. The summed E-state index contributed by atoms with van der Waals surface area (Å²) in [6.45, 7) is 11.5. The number of aliphatic hydroxyl groups excluding tert-OH is 2. The average Bonchev–Trinajstić information content (AvgIpc) is 3.25. The molecule has 1 aliphatic heterocycles. The van der Waals surface area contributed by atoms with Crippen molar-refractivity contribution in [2.75, 3.05) is 19.6 Å². The molecule has 3 aliphatic carbocycles. The first-order valence-electron chi connectivity index (χ1n) is 12.1. The second-order valence-electron chi connectivity index (χ2n) is 10.8. The van der Waals surface area contributed by atoms with Crippen molar-refractivity contribution in [2.45, 2.75) is 83.6 Å². The van der Waals surface area contributed by atoms with Gasteiger partial charge in [0.2, 0.25) is 0 Å². The Morgan fingerprint density at radius 1 is 1.27 bits per heavy atom. The Kier molecular flexibility index (Phi) is 6.58. The summed E-state index contributed by atoms with van der Waals surface area (Å²) in [5.41, 5.74) is 3.64. The standard InChI is InChI=1S/C26H40FNO2/c1-17(15-28-12-10-21(27)16-28)23-8-9-24-19(5-4-11-26(23,24)3)6-7-20-13-22(29)14-25(30)18(20)2/h6-7,17,21-25,29-30H,2,4-5,8-16H2,1,3H3/b19-6+,20-7-/t17-,21+,22+,23+,24-,25-,26+/m0/s1. The molecule has 0 unspecified atom stereocenters. The fourth-order valence-corrected chi connectivity index (χ4v) is 7.16. The summed E-state index contributed by atoms with van der Waals surface area (Å²) in [5.74, 6) is 1.92. The van der Waals surface area contributed by atoms with Gasteiger partial charge in [-0.2, -0.15) is 0 Å². The van der Waals surface area contributed by atoms with Gasteiger partial charge in [-0.05, 0) is 79.3 Å². The van der Waals surface area contributed by atoms with Crippen molar-refractivity contribution in [3.05, 3.63) is 35.5 Å². The normalized spacial score (nSPS) is 44.0. The van der Waals surface area contributed by atoms with E-state index in [4.69, 9.17) is 0 Å². The van der Waals surface area contributed by atoms with E-state index < -0.39 is 18.4 Å². The predicted molar refractivity (Wildman–Crippen MR) is 120 cm³/mol. The summed E-state index contributed by atoms with van der Waals surface area (Å²) in [4.78, 5) is 2.33. The Morgan fingerprint density at radius 3 is 2.80 bits per heavy atom. The minimum absolute atomic E-state index is 0.333. The van der Waals surface area contributed by atoms with Crippen LogP contribution < -0.4 is 0 Å². The van der Waals surface area contributed by atoms with E-state index in [-0.39, 0.29) is 0 Å². The maximum atomic E-state index is 13.6. The van der Waals surface area contributed by atoms with Gasteiger partial charge in [-0.1, -0.05) is 38.2 Å². The zero-order chi connectivity index (χ0) is 21.5. The van der Waals surface area contributed by atoms with Gasteiger partial charge in [0, 0.05) is 26.1 Å². The summed E-state index contributed by atoms with van der Waals surface area (Å²) in [6.07, 6.45) is 10.6. The largest absolute Gasteiger partial charge is 0.393 e. The lowest BCUT2D eigenvalue weighted by molar-refractivity contribution is 0.0811. The lowest BCUT2D eigenvalue weighted by Crippen LogP contribution is -2.39. The van der Waals surface area contributed by atoms with Gasteiger partial charge < -0.3 is 15.1 Å². The van der Waals surface area contributed by atoms with Crippen LogP contribution in [-0.4, -0.2) is 53.1 Å². The van der Waals surface area contributed by atoms with Gasteiger partial charge in [-0.3, -0.25) is 0 Å². The van der Waals surface area contributed by atoms with Gasteiger partial charge in [-0.15, -0.1) is 0 Å². The second kappa shape index (κ2) is 8.88. The number of aliphatic hydroxyl groups is 2. The highest BCUT2D eigenvalue weighted by atomic mass is 19.1. The third-order valence-electron chi connectivity index (χ3n) is 8.75. The SMILES string of the molecule is C=C1/C(=C\C=C2/CCC[C@]3(C)[C@@H]([C@@H](C)CN4CC[C@@H](F)C4)CC[C@@H]23)C[C@@H](O)C[C@@H]1O. The first-order valence-corrected chi connectivity index (χ1v) is 12.1. The monoisotopic (exact) mass is 417 g/mol. The molecule has 4 rings (SSSR count). The van der Waals surface area contributed by atoms with E-state index in [1.54, 1.807) is 5.57 Å². The van der Waals surface area contributed by atoms with Crippen LogP contribution >= 0.6 is 0 Å². The Bertz CT molecular complexity index is 716. The Hall–Kier alpha value is -0.970. The first-order chi connectivity index (χ1) is 14.3. The van der Waals surface area contributed by atoms with Gasteiger partial charge in [0.1, 0.15) is 6.17 Å². The van der Waals surface area contributed by atoms with Gasteiger partial charge in [0.15, 0.2) is 0 Å². The van der Waals surface area contributed by atoms with E-state index in [2.05, 4.69) is 37.5 Å². The molecule has 1 saturated heterocycles. The maximum absolute atomic E-state index is 13.6. The minimum atomic E-state index is -0.632. The van der Waals surface area contributed by atoms with Crippen molar-refractivity contribution >= 4 is 0 Å². The zero-order valence-corrected chi connectivity index (χ0v) is 18.8. The Balaban J connectivity index is 1.47. The molecule has 0 amide bonds. The highest BCUT2D eigenvalue weighted by Gasteiger charge is 2.50. The number of fused-ring (bicyclic) bond motifs is 1. The van der Waals surface area contributed by atoms with Gasteiger partial charge in [-0.25, -0.2) is 4.39 Å². The van der Waals surface area contributed by atoms with Gasteiger partial charge >= 0.3 is 0 Å². The molecule has 3 nitrogen and oxygen atoms in total. The molecule has 4 heteroatoms. The minimum Gasteiger partial charge on any atom is -0.393 e. The molecular formula is C26H40FNO2. The van der Waals surface area contributed by atoms with Crippen LogP contribution in [0.4, 0.5) is 4.39 Å². The van der Waals surface area contributed by atoms with Crippen LogP contribution in [0.15, 0.2) is 35.5 Å². The lowest BCUT2D eigenvalue weighted by Gasteiger charge is -2.45. The number of hydrogen-bond acceptors (Lipinski definition) is 3. The maximum Gasteiger partial charge on any atom is 0.114 e. The van der Waals surface area contributed by atoms with Crippen LogP contribution in [0, 0.1) is 23.2 Å². The van der Waals surface area contributed by atoms with E-state index in [0.717, 1.165) is 30.7 Å². The van der Waals surface area contributed by atoms with E-state index in [9.17, 15) is 14.6 Å². The molecule has 0 bridgehead atoms. The van der Waals surface area contributed by atoms with Gasteiger partial charge in [0.25, 0.3) is 0 Å². The Labute approximate surface area is 181 Å². The van der Waals surface area contributed by atoms with Crippen LogP contribution in [0.25, 0.3) is 0 Å². The molecule has 2 N–H and O–H groups in total. The highest BCUT2D eigenvalue weighted by Crippen LogP contribution is 2.59. The van der Waals surface area contributed by atoms with Crippen molar-refractivity contribution in [3.63, 3.8) is 0 Å². The zero-order valence-electron chi connectivity index (χ0n) is 18.8. The van der Waals surface area contributed by atoms with Crippen molar-refractivity contribution in [3.8, 4) is 0 Å². The van der Waals surface area contributed by atoms with Crippen molar-refractivity contribution in [2.24, 2.45) is 23.2 Å². The smallest absolute Gasteiger partial charge is 0.114 e. The topological polar surface area (TPSA) is 43.7 Å². The summed E-state index contributed by atoms with van der Waals surface area (Å²) in [5, 5.41) is 20.2. The highest BCUT2D eigenvalue weighted by molar-refractivity contribution is 5.38. The fourth-order valence-electron chi connectivity index (χ4n) is 7.16. The quantitative estimate of drug-likeness (QED) is 0.690. The number of hydrogen-bond donors (Lipinski definition) is 2. The second-order valence-corrected chi connectivity index (χ2v) is 10.8. The molecule has 3 saturated carbocycles. The molecule has 0 radical (unpaired) electrons. The molecule has 168 valence electrons. The Morgan fingerprint density at radius 2 is 2.07 bits per heavy atom. The molecule has 0 spiro atoms. The van der Waals surface area contributed by atoms with E-state index in [1.165, 1.54) is 25.7 Å². The average molecular weight is 418 g/mol. The number of allylic oxidation sites excluding steroid dienone is 3. The third kappa shape index (κ3) is 4.33. The number of likely N-dealkylation sites (tertiary alicyclic amines) is 1. The van der Waals surface area contributed by atoms with Crippen LogP contribution in [0.1, 0.15) is 65.2 Å². The number of alkyl halides is 1. The molecule has 4 aliphatic rings. The van der Waals surface area contributed by atoms with E-state index in [1.807, 2.05) is 0 Å². The summed E-state index contributed by atoms with van der Waals surface area (Å²) in [6, 6.07) is 0.